The fourth-order valence-corrected chi connectivity index (χ4v) is 3.22. The Bertz CT molecular complexity index is 714. The lowest BCUT2D eigenvalue weighted by Crippen LogP contribution is -1.93. The van der Waals surface area contributed by atoms with Crippen molar-refractivity contribution < 1.29 is 0 Å². The molecule has 0 amide bonds. The second kappa shape index (κ2) is 6.97. The Labute approximate surface area is 139 Å². The number of hydrogen-bond donors (Lipinski definition) is 1. The van der Waals surface area contributed by atoms with Crippen LogP contribution in [0.5, 0.6) is 0 Å². The van der Waals surface area contributed by atoms with Crippen LogP contribution in [0.15, 0.2) is 47.5 Å². The molecule has 114 valence electrons. The summed E-state index contributed by atoms with van der Waals surface area (Å²) in [5.74, 6) is 0. The van der Waals surface area contributed by atoms with Crippen LogP contribution in [-0.2, 0) is 0 Å². The van der Waals surface area contributed by atoms with E-state index in [1.54, 1.807) is 0 Å². The first-order valence-corrected chi connectivity index (χ1v) is 7.93. The van der Waals surface area contributed by atoms with E-state index in [-0.39, 0.29) is 0 Å². The van der Waals surface area contributed by atoms with Crippen molar-refractivity contribution in [3.63, 3.8) is 0 Å². The average molecular weight is 309 g/mol. The predicted octanol–water partition coefficient (Wildman–Crippen LogP) is 5.98. The number of hydrogen-bond acceptors (Lipinski definition) is 2. The van der Waals surface area contributed by atoms with Crippen molar-refractivity contribution in [3.05, 3.63) is 70.3 Å². The SMILES string of the molecule is CC(/C=C(\S)c1c(C)cccc1C)=N\c1c(C)cccc1C. The summed E-state index contributed by atoms with van der Waals surface area (Å²) >= 11 is 4.70. The highest BCUT2D eigenvalue weighted by molar-refractivity contribution is 7.90. The van der Waals surface area contributed by atoms with E-state index in [0.717, 1.165) is 16.3 Å². The minimum absolute atomic E-state index is 0.961. The van der Waals surface area contributed by atoms with E-state index in [0.29, 0.717) is 0 Å². The molecule has 2 heteroatoms. The molecule has 0 bridgehead atoms. The lowest BCUT2D eigenvalue weighted by molar-refractivity contribution is 1.32. The third-order valence-corrected chi connectivity index (χ3v) is 4.16. The molecule has 1 nitrogen and oxygen atoms in total. The topological polar surface area (TPSA) is 12.4 Å². The van der Waals surface area contributed by atoms with Crippen LogP contribution in [0.1, 0.15) is 34.7 Å². The molecule has 0 N–H and O–H groups in total. The molecule has 0 radical (unpaired) electrons. The van der Waals surface area contributed by atoms with Crippen molar-refractivity contribution in [1.82, 2.24) is 0 Å². The van der Waals surface area contributed by atoms with E-state index in [1.165, 1.54) is 27.8 Å². The van der Waals surface area contributed by atoms with Crippen LogP contribution in [0.3, 0.4) is 0 Å². The highest BCUT2D eigenvalue weighted by Gasteiger charge is 2.06. The Morgan fingerprint density at radius 2 is 1.32 bits per heavy atom. The second-order valence-electron chi connectivity index (χ2n) is 5.79. The average Bonchev–Trinajstić information content (AvgIpc) is 2.43. The lowest BCUT2D eigenvalue weighted by atomic mass is 10.0. The lowest BCUT2D eigenvalue weighted by Gasteiger charge is -2.10. The van der Waals surface area contributed by atoms with Gasteiger partial charge in [-0.1, -0.05) is 36.4 Å². The molecule has 0 fully saturated rings. The maximum atomic E-state index is 4.77. The third-order valence-electron chi connectivity index (χ3n) is 3.81. The van der Waals surface area contributed by atoms with Gasteiger partial charge in [0.15, 0.2) is 0 Å². The Morgan fingerprint density at radius 1 is 0.864 bits per heavy atom. The minimum Gasteiger partial charge on any atom is -0.253 e. The van der Waals surface area contributed by atoms with Crippen LogP contribution in [0, 0.1) is 27.7 Å². The van der Waals surface area contributed by atoms with Gasteiger partial charge < -0.3 is 0 Å². The smallest absolute Gasteiger partial charge is 0.0691 e. The summed E-state index contributed by atoms with van der Waals surface area (Å²) in [6, 6.07) is 12.6. The number of nitrogens with zero attached hydrogens (tertiary/aromatic N) is 1. The summed E-state index contributed by atoms with van der Waals surface area (Å²) in [5, 5.41) is 0. The molecule has 0 atom stereocenters. The molecule has 0 aromatic heterocycles. The van der Waals surface area contributed by atoms with E-state index in [1.807, 2.05) is 13.0 Å². The Kier molecular flexibility index (Phi) is 5.25. The van der Waals surface area contributed by atoms with Gasteiger partial charge in [0.2, 0.25) is 0 Å². The summed E-state index contributed by atoms with van der Waals surface area (Å²) in [6.07, 6.45) is 2.05. The van der Waals surface area contributed by atoms with Crippen LogP contribution in [-0.4, -0.2) is 5.71 Å². The van der Waals surface area contributed by atoms with E-state index < -0.39 is 0 Å². The predicted molar refractivity (Wildman–Crippen MR) is 102 cm³/mol. The summed E-state index contributed by atoms with van der Waals surface area (Å²) in [4.78, 5) is 5.74. The van der Waals surface area contributed by atoms with Gasteiger partial charge in [0.05, 0.1) is 5.69 Å². The van der Waals surface area contributed by atoms with Crippen molar-refractivity contribution in [2.75, 3.05) is 0 Å². The first-order chi connectivity index (χ1) is 10.4. The molecular weight excluding hydrogens is 286 g/mol. The summed E-state index contributed by atoms with van der Waals surface area (Å²) in [6.45, 7) is 10.4. The maximum Gasteiger partial charge on any atom is 0.0691 e. The zero-order valence-electron chi connectivity index (χ0n) is 13.9. The Morgan fingerprint density at radius 3 is 1.82 bits per heavy atom. The highest BCUT2D eigenvalue weighted by atomic mass is 32.1. The van der Waals surface area contributed by atoms with E-state index in [9.17, 15) is 0 Å². The number of para-hydroxylation sites is 1. The van der Waals surface area contributed by atoms with E-state index in [2.05, 4.69) is 64.1 Å². The third kappa shape index (κ3) is 3.69. The molecule has 0 unspecified atom stereocenters. The van der Waals surface area contributed by atoms with Crippen molar-refractivity contribution in [1.29, 1.82) is 0 Å². The number of allylic oxidation sites excluding steroid dienone is 1. The first kappa shape index (κ1) is 16.6. The van der Waals surface area contributed by atoms with Gasteiger partial charge in [-0.05, 0) is 68.5 Å². The Hall–Kier alpha value is -1.80. The van der Waals surface area contributed by atoms with Crippen molar-refractivity contribution >= 4 is 28.9 Å². The van der Waals surface area contributed by atoms with Crippen LogP contribution in [0.4, 0.5) is 5.69 Å². The number of rotatable bonds is 3. The largest absolute Gasteiger partial charge is 0.253 e. The highest BCUT2D eigenvalue weighted by Crippen LogP contribution is 2.27. The minimum atomic E-state index is 0.961. The maximum absolute atomic E-state index is 4.77. The van der Waals surface area contributed by atoms with Gasteiger partial charge in [-0.15, -0.1) is 12.6 Å². The normalized spacial score (nSPS) is 12.6. The van der Waals surface area contributed by atoms with Gasteiger partial charge in [-0.3, -0.25) is 4.99 Å². The number of aliphatic imine (C=N–C) groups is 1. The zero-order valence-corrected chi connectivity index (χ0v) is 14.8. The molecule has 0 spiro atoms. The second-order valence-corrected chi connectivity index (χ2v) is 6.27. The molecule has 0 aliphatic carbocycles. The van der Waals surface area contributed by atoms with Crippen LogP contribution >= 0.6 is 12.6 Å². The molecule has 0 aliphatic rings. The van der Waals surface area contributed by atoms with Gasteiger partial charge in [0.25, 0.3) is 0 Å². The molecular formula is C20H23NS. The molecule has 0 saturated heterocycles. The van der Waals surface area contributed by atoms with Crippen molar-refractivity contribution in [3.8, 4) is 0 Å². The molecule has 0 heterocycles. The quantitative estimate of drug-likeness (QED) is 0.528. The van der Waals surface area contributed by atoms with Gasteiger partial charge in [-0.2, -0.15) is 0 Å². The standard InChI is InChI=1S/C20H23NS/c1-13-8-6-9-14(2)19(13)18(22)12-17(5)21-20-15(3)10-7-11-16(20)4/h6-12,22H,1-5H3/b18-12-,21-17+. The van der Waals surface area contributed by atoms with Crippen molar-refractivity contribution in [2.45, 2.75) is 34.6 Å². The monoisotopic (exact) mass is 309 g/mol. The fraction of sp³-hybridized carbons (Fsp3) is 0.250. The van der Waals surface area contributed by atoms with Crippen LogP contribution in [0.25, 0.3) is 4.91 Å². The van der Waals surface area contributed by atoms with Crippen molar-refractivity contribution in [2.24, 2.45) is 4.99 Å². The molecule has 0 aliphatic heterocycles. The number of benzene rings is 2. The summed E-state index contributed by atoms with van der Waals surface area (Å²) in [7, 11) is 0. The van der Waals surface area contributed by atoms with Gasteiger partial charge in [0.1, 0.15) is 0 Å². The number of thiol groups is 1. The Balaban J connectivity index is 2.42. The van der Waals surface area contributed by atoms with Crippen LogP contribution in [0.2, 0.25) is 0 Å². The summed E-state index contributed by atoms with van der Waals surface area (Å²) < 4.78 is 0. The fourth-order valence-electron chi connectivity index (χ4n) is 2.68. The molecule has 0 saturated carbocycles. The van der Waals surface area contributed by atoms with Crippen LogP contribution < -0.4 is 0 Å². The first-order valence-electron chi connectivity index (χ1n) is 7.49. The molecule has 2 rings (SSSR count). The van der Waals surface area contributed by atoms with Gasteiger partial charge in [-0.25, -0.2) is 0 Å². The molecule has 22 heavy (non-hydrogen) atoms. The molecule has 2 aromatic carbocycles. The zero-order chi connectivity index (χ0) is 16.3. The van der Waals surface area contributed by atoms with E-state index >= 15 is 0 Å². The molecule has 2 aromatic rings. The van der Waals surface area contributed by atoms with Gasteiger partial charge >= 0.3 is 0 Å². The number of aryl methyl sites for hydroxylation is 4. The summed E-state index contributed by atoms with van der Waals surface area (Å²) in [5.41, 5.74) is 8.08. The van der Waals surface area contributed by atoms with Gasteiger partial charge in [0, 0.05) is 10.6 Å². The van der Waals surface area contributed by atoms with E-state index in [4.69, 9.17) is 17.6 Å².